The van der Waals surface area contributed by atoms with Crippen molar-refractivity contribution in [3.05, 3.63) is 40.8 Å². The largest absolute Gasteiger partial charge is 0.332 e. The van der Waals surface area contributed by atoms with E-state index in [-0.39, 0.29) is 5.03 Å². The van der Waals surface area contributed by atoms with Crippen LogP contribution in [0.5, 0.6) is 0 Å². The summed E-state index contributed by atoms with van der Waals surface area (Å²) < 4.78 is 27.3. The average molecular weight is 293 g/mol. The van der Waals surface area contributed by atoms with E-state index in [1.54, 1.807) is 0 Å². The van der Waals surface area contributed by atoms with Crippen molar-refractivity contribution < 1.29 is 8.42 Å². The van der Waals surface area contributed by atoms with E-state index in [1.165, 1.54) is 6.20 Å². The lowest BCUT2D eigenvalue weighted by Crippen LogP contribution is -2.15. The van der Waals surface area contributed by atoms with Crippen molar-refractivity contribution in [1.29, 1.82) is 0 Å². The summed E-state index contributed by atoms with van der Waals surface area (Å²) >= 11 is 0. The fourth-order valence-corrected chi connectivity index (χ4v) is 3.33. The fourth-order valence-electron chi connectivity index (χ4n) is 2.19. The molecule has 0 unspecified atom stereocenters. The molecule has 0 fully saturated rings. The molecule has 0 atom stereocenters. The predicted molar refractivity (Wildman–Crippen MR) is 79.4 cm³/mol. The summed E-state index contributed by atoms with van der Waals surface area (Å²) in [6.07, 6.45) is 2.01. The summed E-state index contributed by atoms with van der Waals surface area (Å²) in [7, 11) is -3.63. The normalized spacial score (nSPS) is 11.6. The van der Waals surface area contributed by atoms with Crippen LogP contribution in [0.2, 0.25) is 0 Å². The zero-order valence-electron chi connectivity index (χ0n) is 12.1. The molecule has 0 saturated heterocycles. The average Bonchev–Trinajstić information content (AvgIpc) is 2.83. The molecule has 2 rings (SSSR count). The quantitative estimate of drug-likeness (QED) is 0.910. The summed E-state index contributed by atoms with van der Waals surface area (Å²) in [5, 5.41) is 0.0914. The van der Waals surface area contributed by atoms with Crippen LogP contribution in [-0.2, 0) is 16.4 Å². The maximum absolute atomic E-state index is 12.3. The number of hydrogen-bond acceptors (Lipinski definition) is 3. The Morgan fingerprint density at radius 1 is 1.20 bits per heavy atom. The van der Waals surface area contributed by atoms with Crippen molar-refractivity contribution in [3.63, 3.8) is 0 Å². The van der Waals surface area contributed by atoms with Crippen molar-refractivity contribution in [2.24, 2.45) is 0 Å². The van der Waals surface area contributed by atoms with Crippen LogP contribution in [0.15, 0.2) is 23.4 Å². The van der Waals surface area contributed by atoms with Crippen LogP contribution in [0.25, 0.3) is 0 Å². The Bertz CT molecular complexity index is 710. The van der Waals surface area contributed by atoms with Crippen LogP contribution in [0.1, 0.15) is 29.4 Å². The summed E-state index contributed by atoms with van der Waals surface area (Å²) in [5.41, 5.74) is 3.55. The minimum absolute atomic E-state index is 0.0914. The number of hydrogen-bond donors (Lipinski definition) is 2. The second-order valence-corrected chi connectivity index (χ2v) is 6.58. The highest BCUT2D eigenvalue weighted by atomic mass is 32.2. The molecule has 0 amide bonds. The molecule has 1 aromatic heterocycles. The van der Waals surface area contributed by atoms with E-state index in [0.717, 1.165) is 16.7 Å². The molecule has 20 heavy (non-hydrogen) atoms. The Balaban J connectivity index is 2.38. The molecule has 0 aliphatic rings. The Hall–Kier alpha value is -1.82. The third-order valence-corrected chi connectivity index (χ3v) is 4.40. The lowest BCUT2D eigenvalue weighted by Gasteiger charge is -2.13. The van der Waals surface area contributed by atoms with Crippen LogP contribution in [0.3, 0.4) is 0 Å². The Labute approximate surface area is 119 Å². The zero-order valence-corrected chi connectivity index (χ0v) is 12.9. The summed E-state index contributed by atoms with van der Waals surface area (Å²) in [6.45, 7) is 7.68. The van der Waals surface area contributed by atoms with E-state index in [0.29, 0.717) is 17.9 Å². The van der Waals surface area contributed by atoms with Crippen molar-refractivity contribution in [3.8, 4) is 0 Å². The number of nitrogens with one attached hydrogen (secondary N) is 2. The van der Waals surface area contributed by atoms with Gasteiger partial charge < -0.3 is 4.98 Å². The van der Waals surface area contributed by atoms with Gasteiger partial charge in [-0.05, 0) is 31.9 Å². The van der Waals surface area contributed by atoms with Gasteiger partial charge in [0.2, 0.25) is 0 Å². The number of H-pyrrole nitrogens is 1. The molecular weight excluding hydrogens is 274 g/mol. The molecule has 5 nitrogen and oxygen atoms in total. The number of rotatable bonds is 4. The maximum atomic E-state index is 12.3. The molecule has 108 valence electrons. The van der Waals surface area contributed by atoms with E-state index in [1.807, 2.05) is 39.8 Å². The van der Waals surface area contributed by atoms with Crippen LogP contribution in [0, 0.1) is 20.8 Å². The van der Waals surface area contributed by atoms with Gasteiger partial charge in [-0.25, -0.2) is 4.98 Å². The van der Waals surface area contributed by atoms with Gasteiger partial charge in [0.1, 0.15) is 5.82 Å². The topological polar surface area (TPSA) is 74.8 Å². The molecule has 2 N–H and O–H groups in total. The second kappa shape index (κ2) is 5.28. The maximum Gasteiger partial charge on any atom is 0.279 e. The lowest BCUT2D eigenvalue weighted by atomic mass is 10.1. The zero-order chi connectivity index (χ0) is 14.9. The molecule has 1 heterocycles. The van der Waals surface area contributed by atoms with Gasteiger partial charge in [0.05, 0.1) is 11.9 Å². The van der Waals surface area contributed by atoms with E-state index in [2.05, 4.69) is 14.7 Å². The summed E-state index contributed by atoms with van der Waals surface area (Å²) in [5.74, 6) is 0.655. The number of nitrogens with zero attached hydrogens (tertiary/aromatic N) is 1. The lowest BCUT2D eigenvalue weighted by molar-refractivity contribution is 0.598. The van der Waals surface area contributed by atoms with E-state index in [9.17, 15) is 8.42 Å². The highest BCUT2D eigenvalue weighted by Crippen LogP contribution is 2.24. The van der Waals surface area contributed by atoms with E-state index >= 15 is 0 Å². The molecule has 0 radical (unpaired) electrons. The number of sulfonamides is 1. The van der Waals surface area contributed by atoms with Gasteiger partial charge in [-0.3, -0.25) is 4.72 Å². The molecule has 6 heteroatoms. The van der Waals surface area contributed by atoms with Gasteiger partial charge in [0.15, 0.2) is 5.03 Å². The van der Waals surface area contributed by atoms with Crippen LogP contribution >= 0.6 is 0 Å². The second-order valence-electron chi connectivity index (χ2n) is 4.93. The van der Waals surface area contributed by atoms with E-state index in [4.69, 9.17) is 0 Å². The van der Waals surface area contributed by atoms with Crippen molar-refractivity contribution in [2.75, 3.05) is 4.72 Å². The summed E-state index contributed by atoms with van der Waals surface area (Å²) in [6, 6.07) is 3.91. The third kappa shape index (κ3) is 2.85. The van der Waals surface area contributed by atoms with Crippen LogP contribution in [0.4, 0.5) is 5.69 Å². The first kappa shape index (κ1) is 14.6. The Kier molecular flexibility index (Phi) is 3.85. The van der Waals surface area contributed by atoms with Gasteiger partial charge in [-0.2, -0.15) is 8.42 Å². The first-order valence-corrected chi connectivity index (χ1v) is 7.96. The first-order chi connectivity index (χ1) is 9.33. The minimum atomic E-state index is -3.63. The summed E-state index contributed by atoms with van der Waals surface area (Å²) in [4.78, 5) is 6.84. The minimum Gasteiger partial charge on any atom is -0.332 e. The number of aryl methyl sites for hydroxylation is 4. The Morgan fingerprint density at radius 3 is 2.30 bits per heavy atom. The molecule has 2 aromatic rings. The number of aromatic amines is 1. The van der Waals surface area contributed by atoms with Crippen LogP contribution in [-0.4, -0.2) is 18.4 Å². The SMILES string of the molecule is CCc1ncc(S(=O)(=O)Nc2c(C)cc(C)cc2C)[nH]1. The van der Waals surface area contributed by atoms with Gasteiger partial charge >= 0.3 is 0 Å². The van der Waals surface area contributed by atoms with Crippen molar-refractivity contribution in [2.45, 2.75) is 39.1 Å². The van der Waals surface area contributed by atoms with Gasteiger partial charge in [0, 0.05) is 6.42 Å². The molecule has 0 aliphatic heterocycles. The smallest absolute Gasteiger partial charge is 0.279 e. The van der Waals surface area contributed by atoms with Crippen molar-refractivity contribution >= 4 is 15.7 Å². The number of benzene rings is 1. The first-order valence-electron chi connectivity index (χ1n) is 6.48. The van der Waals surface area contributed by atoms with Crippen molar-refractivity contribution in [1.82, 2.24) is 9.97 Å². The number of imidazole rings is 1. The highest BCUT2D eigenvalue weighted by Gasteiger charge is 2.19. The van der Waals surface area contributed by atoms with Gasteiger partial charge in [-0.15, -0.1) is 0 Å². The fraction of sp³-hybridized carbons (Fsp3) is 0.357. The monoisotopic (exact) mass is 293 g/mol. The third-order valence-electron chi connectivity index (χ3n) is 3.14. The molecule has 0 bridgehead atoms. The molecular formula is C14H19N3O2S. The predicted octanol–water partition coefficient (Wildman–Crippen LogP) is 2.70. The molecule has 0 saturated carbocycles. The van der Waals surface area contributed by atoms with Crippen LogP contribution < -0.4 is 4.72 Å². The van der Waals surface area contributed by atoms with E-state index < -0.39 is 10.0 Å². The molecule has 1 aromatic carbocycles. The van der Waals surface area contributed by atoms with Gasteiger partial charge in [-0.1, -0.05) is 24.6 Å². The Morgan fingerprint density at radius 2 is 1.80 bits per heavy atom. The molecule has 0 aliphatic carbocycles. The highest BCUT2D eigenvalue weighted by molar-refractivity contribution is 7.92. The van der Waals surface area contributed by atoms with Gasteiger partial charge in [0.25, 0.3) is 10.0 Å². The standard InChI is InChI=1S/C14H19N3O2S/c1-5-12-15-8-13(16-12)20(18,19)17-14-10(3)6-9(2)7-11(14)4/h6-8,17H,5H2,1-4H3,(H,15,16). The number of anilines is 1. The molecule has 0 spiro atoms. The number of aromatic nitrogens is 2.